The maximum Gasteiger partial charge on any atom is 3.00 e. The summed E-state index contributed by atoms with van der Waals surface area (Å²) in [4.78, 5) is 4.52. The van der Waals surface area contributed by atoms with Crippen LogP contribution in [0.3, 0.4) is 0 Å². The molecule has 2 aliphatic heterocycles. The monoisotopic (exact) mass is 490 g/mol. The Morgan fingerprint density at radius 3 is 1.50 bits per heavy atom. The van der Waals surface area contributed by atoms with Crippen LogP contribution in [-0.2, 0) is 17.1 Å². The molecule has 2 saturated heterocycles. The average molecular weight is 492 g/mol. The van der Waals surface area contributed by atoms with Gasteiger partial charge in [-0.3, -0.25) is 0 Å². The molecule has 0 amide bonds. The Balaban J connectivity index is 0. The fourth-order valence-corrected chi connectivity index (χ4v) is 2.95. The van der Waals surface area contributed by atoms with Gasteiger partial charge in [0.15, 0.2) is 0 Å². The molecule has 1 radical (unpaired) electrons. The van der Waals surface area contributed by atoms with Gasteiger partial charge >= 0.3 is 17.1 Å². The van der Waals surface area contributed by atoms with Gasteiger partial charge in [0.1, 0.15) is 0 Å². The van der Waals surface area contributed by atoms with Gasteiger partial charge < -0.3 is 37.2 Å². The van der Waals surface area contributed by atoms with Crippen molar-refractivity contribution in [2.45, 2.75) is 38.5 Å². The van der Waals surface area contributed by atoms with Gasteiger partial charge in [0.25, 0.3) is 0 Å². The molecule has 0 spiro atoms. The van der Waals surface area contributed by atoms with Crippen LogP contribution in [-0.4, -0.2) is 53.6 Å². The number of nitrogens with one attached hydrogen (secondary N) is 2. The Morgan fingerprint density at radius 1 is 0.714 bits per heavy atom. The number of nitrogens with zero attached hydrogens (tertiary/aromatic N) is 5. The number of hydrazine groups is 2. The first-order valence-corrected chi connectivity index (χ1v) is 8.94. The van der Waals surface area contributed by atoms with Crippen LogP contribution in [0.5, 0.6) is 0 Å². The second-order valence-electron chi connectivity index (χ2n) is 6.30. The number of halogens is 3. The largest absolute Gasteiger partial charge is 3.00 e. The number of piperidine rings is 2. The normalized spacial score (nSPS) is 17.7. The molecular weight excluding hydrogens is 464 g/mol. The quantitative estimate of drug-likeness (QED) is 0.235. The second kappa shape index (κ2) is 17.3. The first kappa shape index (κ1) is 29.6. The minimum absolute atomic E-state index is 0. The van der Waals surface area contributed by atoms with Gasteiger partial charge in [-0.2, -0.15) is 10.2 Å². The van der Waals surface area contributed by atoms with Crippen molar-refractivity contribution >= 4 is 12.4 Å². The van der Waals surface area contributed by atoms with Crippen LogP contribution in [0.25, 0.3) is 0 Å². The smallest absolute Gasteiger partial charge is 1.00 e. The van der Waals surface area contributed by atoms with Gasteiger partial charge in [-0.1, -0.05) is 18.9 Å². The van der Waals surface area contributed by atoms with Crippen LogP contribution in [0.15, 0.2) is 28.4 Å². The molecule has 0 unspecified atom stereocenters. The van der Waals surface area contributed by atoms with E-state index < -0.39 is 0 Å². The van der Waals surface area contributed by atoms with E-state index in [1.807, 2.05) is 18.2 Å². The zero-order chi connectivity index (χ0) is 16.5. The molecule has 0 aromatic carbocycles. The molecule has 2 fully saturated rings. The Morgan fingerprint density at radius 2 is 1.11 bits per heavy atom. The van der Waals surface area contributed by atoms with E-state index in [0.29, 0.717) is 0 Å². The number of hydrogen-bond donors (Lipinski definition) is 2. The van der Waals surface area contributed by atoms with Crippen molar-refractivity contribution in [2.24, 2.45) is 10.2 Å². The Labute approximate surface area is 196 Å². The van der Waals surface area contributed by atoms with E-state index in [9.17, 15) is 0 Å². The molecule has 1 aromatic heterocycles. The van der Waals surface area contributed by atoms with E-state index in [2.05, 4.69) is 36.3 Å². The summed E-state index contributed by atoms with van der Waals surface area (Å²) in [5, 5.41) is 12.9. The molecule has 3 rings (SSSR count). The first-order valence-electron chi connectivity index (χ1n) is 8.94. The van der Waals surface area contributed by atoms with Gasteiger partial charge in [-0.05, 0) is 37.8 Å². The summed E-state index contributed by atoms with van der Waals surface area (Å²) < 4.78 is 0. The van der Waals surface area contributed by atoms with Crippen LogP contribution < -0.4 is 48.3 Å². The zero-order valence-corrected chi connectivity index (χ0v) is 19.1. The maximum absolute atomic E-state index is 4.52. The zero-order valence-electron chi connectivity index (χ0n) is 15.7. The predicted octanol–water partition coefficient (Wildman–Crippen LogP) is -7.26. The molecule has 11 heteroatoms. The first-order chi connectivity index (χ1) is 11.9. The van der Waals surface area contributed by atoms with Crippen molar-refractivity contribution in [1.29, 1.82) is 0 Å². The van der Waals surface area contributed by atoms with E-state index in [-0.39, 0.29) is 54.3 Å². The van der Waals surface area contributed by atoms with Crippen molar-refractivity contribution in [3.8, 4) is 0 Å². The van der Waals surface area contributed by atoms with Gasteiger partial charge in [-0.15, -0.1) is 0 Å². The Kier molecular flexibility index (Phi) is 18.3. The van der Waals surface area contributed by atoms with E-state index >= 15 is 0 Å². The third-order valence-electron chi connectivity index (χ3n) is 4.30. The molecule has 2 N–H and O–H groups in total. The van der Waals surface area contributed by atoms with Gasteiger partial charge in [0.2, 0.25) is 0 Å². The third kappa shape index (κ3) is 10.8. The minimum Gasteiger partial charge on any atom is -1.00 e. The summed E-state index contributed by atoms with van der Waals surface area (Å²) >= 11 is 0. The molecule has 0 aliphatic carbocycles. The van der Waals surface area contributed by atoms with Crippen molar-refractivity contribution in [1.82, 2.24) is 26.1 Å². The van der Waals surface area contributed by atoms with Crippen LogP contribution in [0.1, 0.15) is 49.9 Å². The molecule has 7 nitrogen and oxygen atoms in total. The second-order valence-corrected chi connectivity index (χ2v) is 6.30. The summed E-state index contributed by atoms with van der Waals surface area (Å²) in [5.74, 6) is 0. The van der Waals surface area contributed by atoms with Gasteiger partial charge in [-0.25, -0.2) is 26.1 Å². The predicted molar refractivity (Wildman–Crippen MR) is 96.5 cm³/mol. The molecule has 2 aliphatic rings. The molecule has 0 atom stereocenters. The number of hydrazone groups is 2. The van der Waals surface area contributed by atoms with E-state index in [0.717, 1.165) is 37.6 Å². The SMILES string of the molecule is C(=NNN1CCCCC1)c1cccc(C=NNN2CCCCC2)n1.[Cl-].[Cl-].[Cl-].[Fe+3]. The fraction of sp³-hybridized carbons (Fsp3) is 0.588. The Hall–Kier alpha value is -0.601. The van der Waals surface area contributed by atoms with Crippen LogP contribution in [0.4, 0.5) is 0 Å². The third-order valence-corrected chi connectivity index (χ3v) is 4.30. The van der Waals surface area contributed by atoms with E-state index in [4.69, 9.17) is 0 Å². The molecule has 0 saturated carbocycles. The number of rotatable bonds is 6. The molecule has 159 valence electrons. The summed E-state index contributed by atoms with van der Waals surface area (Å²) in [7, 11) is 0. The molecule has 0 bridgehead atoms. The van der Waals surface area contributed by atoms with E-state index in [1.54, 1.807) is 12.4 Å². The van der Waals surface area contributed by atoms with Crippen molar-refractivity contribution in [3.05, 3.63) is 29.6 Å². The summed E-state index contributed by atoms with van der Waals surface area (Å²) in [5.41, 5.74) is 7.81. The molecule has 1 aromatic rings. The summed E-state index contributed by atoms with van der Waals surface area (Å²) in [6.45, 7) is 4.22. The van der Waals surface area contributed by atoms with Gasteiger partial charge in [0.05, 0.1) is 23.8 Å². The average Bonchev–Trinajstić information content (AvgIpc) is 2.64. The Bertz CT molecular complexity index is 520. The maximum atomic E-state index is 4.52. The van der Waals surface area contributed by atoms with Gasteiger partial charge in [0, 0.05) is 26.2 Å². The van der Waals surface area contributed by atoms with Crippen molar-refractivity contribution < 1.29 is 54.3 Å². The number of pyridine rings is 1. The van der Waals surface area contributed by atoms with E-state index in [1.165, 1.54) is 38.5 Å². The summed E-state index contributed by atoms with van der Waals surface area (Å²) in [6, 6.07) is 5.85. The topological polar surface area (TPSA) is 68.2 Å². The molecular formula is C17H27Cl3FeN7. The molecule has 3 heterocycles. The molecule has 28 heavy (non-hydrogen) atoms. The van der Waals surface area contributed by atoms with Crippen molar-refractivity contribution in [3.63, 3.8) is 0 Å². The van der Waals surface area contributed by atoms with Crippen molar-refractivity contribution in [2.75, 3.05) is 26.2 Å². The fourth-order valence-electron chi connectivity index (χ4n) is 2.95. The minimum atomic E-state index is 0. The summed E-state index contributed by atoms with van der Waals surface area (Å²) in [6.07, 6.45) is 11.1. The standard InChI is InChI=1S/C17H27N7.3ClH.Fe/c1-3-10-23(11-4-1)21-18-14-16-8-7-9-17(20-16)15-19-22-24-12-5-2-6-13-24;;;;/h7-9,14-15,21-22H,1-6,10-13H2;3*1H;/q;;;;+3/p-3. The van der Waals surface area contributed by atoms with Crippen LogP contribution >= 0.6 is 0 Å². The van der Waals surface area contributed by atoms with Crippen LogP contribution in [0, 0.1) is 0 Å². The van der Waals surface area contributed by atoms with Crippen LogP contribution in [0.2, 0.25) is 0 Å². The number of aromatic nitrogens is 1. The number of hydrogen-bond acceptors (Lipinski definition) is 7.